The van der Waals surface area contributed by atoms with Crippen molar-refractivity contribution in [2.24, 2.45) is 0 Å². The van der Waals surface area contributed by atoms with E-state index in [1.54, 1.807) is 24.3 Å². The Balaban J connectivity index is 1.45. The maximum atomic E-state index is 12.5. The number of aryl methyl sites for hydroxylation is 1. The molecule has 1 aromatic carbocycles. The molecule has 2 N–H and O–H groups in total. The van der Waals surface area contributed by atoms with Crippen LogP contribution in [0, 0.1) is 0 Å². The molecule has 1 unspecified atom stereocenters. The van der Waals surface area contributed by atoms with E-state index in [9.17, 15) is 13.2 Å². The van der Waals surface area contributed by atoms with E-state index in [0.717, 1.165) is 50.7 Å². The average molecular weight is 395 g/mol. The first-order chi connectivity index (χ1) is 13.0. The molecular weight excluding hydrogens is 364 g/mol. The van der Waals surface area contributed by atoms with Gasteiger partial charge in [-0.2, -0.15) is 0 Å². The van der Waals surface area contributed by atoms with Crippen LogP contribution < -0.4 is 10.0 Å². The van der Waals surface area contributed by atoms with Gasteiger partial charge in [-0.25, -0.2) is 13.1 Å². The van der Waals surface area contributed by atoms with Gasteiger partial charge in [-0.3, -0.25) is 4.79 Å². The SMILES string of the molecule is O=C(CCc1ccc(S(=O)(=O)NC2CCCCC2)cc1)NCC1CCCO1. The predicted octanol–water partition coefficient (Wildman–Crippen LogP) is 2.53. The Morgan fingerprint density at radius 1 is 1.04 bits per heavy atom. The number of carbonyl (C=O) groups is 1. The zero-order valence-electron chi connectivity index (χ0n) is 15.8. The molecule has 1 aromatic rings. The molecule has 2 aliphatic rings. The Labute approximate surface area is 162 Å². The van der Waals surface area contributed by atoms with E-state index in [4.69, 9.17) is 4.74 Å². The Morgan fingerprint density at radius 2 is 1.78 bits per heavy atom. The number of carbonyl (C=O) groups excluding carboxylic acids is 1. The molecule has 150 valence electrons. The normalized spacial score (nSPS) is 21.3. The molecule has 1 amide bonds. The molecule has 6 nitrogen and oxygen atoms in total. The number of benzene rings is 1. The Bertz CT molecular complexity index is 706. The molecule has 0 aromatic heterocycles. The summed E-state index contributed by atoms with van der Waals surface area (Å²) in [6.07, 6.45) is 8.38. The summed E-state index contributed by atoms with van der Waals surface area (Å²) < 4.78 is 33.3. The van der Waals surface area contributed by atoms with Gasteiger partial charge in [-0.05, 0) is 49.8 Å². The number of ether oxygens (including phenoxy) is 1. The second-order valence-electron chi connectivity index (χ2n) is 7.54. The molecule has 1 atom stereocenters. The van der Waals surface area contributed by atoms with E-state index < -0.39 is 10.0 Å². The van der Waals surface area contributed by atoms with Gasteiger partial charge in [0.05, 0.1) is 11.0 Å². The third kappa shape index (κ3) is 6.30. The van der Waals surface area contributed by atoms with Gasteiger partial charge < -0.3 is 10.1 Å². The standard InChI is InChI=1S/C20H30N2O4S/c23-20(21-15-18-7-4-14-26-18)13-10-16-8-11-19(12-9-16)27(24,25)22-17-5-2-1-3-6-17/h8-9,11-12,17-18,22H,1-7,10,13-15H2,(H,21,23). The van der Waals surface area contributed by atoms with E-state index in [1.165, 1.54) is 6.42 Å². The first-order valence-corrected chi connectivity index (χ1v) is 11.5. The smallest absolute Gasteiger partial charge is 0.240 e. The van der Waals surface area contributed by atoms with Gasteiger partial charge in [0.1, 0.15) is 0 Å². The fourth-order valence-corrected chi connectivity index (χ4v) is 5.03. The largest absolute Gasteiger partial charge is 0.376 e. The van der Waals surface area contributed by atoms with Crippen LogP contribution in [0.1, 0.15) is 56.9 Å². The van der Waals surface area contributed by atoms with E-state index in [1.807, 2.05) is 0 Å². The first-order valence-electron chi connectivity index (χ1n) is 10.0. The van der Waals surface area contributed by atoms with Crippen LogP contribution in [0.25, 0.3) is 0 Å². The van der Waals surface area contributed by atoms with Crippen LogP contribution in [0.15, 0.2) is 29.2 Å². The molecule has 1 aliphatic carbocycles. The fraction of sp³-hybridized carbons (Fsp3) is 0.650. The van der Waals surface area contributed by atoms with Crippen molar-refractivity contribution in [3.8, 4) is 0 Å². The number of amides is 1. The highest BCUT2D eigenvalue weighted by atomic mass is 32.2. The molecule has 0 radical (unpaired) electrons. The van der Waals surface area contributed by atoms with Gasteiger partial charge in [-0.1, -0.05) is 31.4 Å². The lowest BCUT2D eigenvalue weighted by atomic mass is 9.96. The van der Waals surface area contributed by atoms with E-state index >= 15 is 0 Å². The van der Waals surface area contributed by atoms with Crippen LogP contribution in [0.4, 0.5) is 0 Å². The van der Waals surface area contributed by atoms with Crippen molar-refractivity contribution in [2.45, 2.75) is 74.8 Å². The van der Waals surface area contributed by atoms with Crippen LogP contribution in [-0.2, 0) is 26.0 Å². The molecular formula is C20H30N2O4S. The zero-order valence-corrected chi connectivity index (χ0v) is 16.6. The van der Waals surface area contributed by atoms with Gasteiger partial charge in [0.2, 0.25) is 15.9 Å². The van der Waals surface area contributed by atoms with E-state index in [2.05, 4.69) is 10.0 Å². The molecule has 7 heteroatoms. The predicted molar refractivity (Wildman–Crippen MR) is 104 cm³/mol. The lowest BCUT2D eigenvalue weighted by molar-refractivity contribution is -0.121. The molecule has 3 rings (SSSR count). The van der Waals surface area contributed by atoms with Crippen LogP contribution in [0.2, 0.25) is 0 Å². The minimum absolute atomic E-state index is 0.00108. The monoisotopic (exact) mass is 394 g/mol. The van der Waals surface area contributed by atoms with Gasteiger partial charge in [0, 0.05) is 25.6 Å². The first kappa shape index (κ1) is 20.3. The minimum atomic E-state index is -3.47. The third-order valence-corrected chi connectivity index (χ3v) is 6.89. The molecule has 1 saturated carbocycles. The second kappa shape index (κ2) is 9.66. The number of hydrogen-bond acceptors (Lipinski definition) is 4. The molecule has 1 aliphatic heterocycles. The minimum Gasteiger partial charge on any atom is -0.376 e. The molecule has 0 bridgehead atoms. The van der Waals surface area contributed by atoms with Crippen molar-refractivity contribution < 1.29 is 17.9 Å². The van der Waals surface area contributed by atoms with Crippen molar-refractivity contribution >= 4 is 15.9 Å². The van der Waals surface area contributed by atoms with Crippen molar-refractivity contribution in [3.63, 3.8) is 0 Å². The average Bonchev–Trinajstić information content (AvgIpc) is 3.19. The highest BCUT2D eigenvalue weighted by Crippen LogP contribution is 2.20. The highest BCUT2D eigenvalue weighted by Gasteiger charge is 2.21. The van der Waals surface area contributed by atoms with Crippen molar-refractivity contribution in [2.75, 3.05) is 13.2 Å². The summed E-state index contributed by atoms with van der Waals surface area (Å²) >= 11 is 0. The molecule has 1 heterocycles. The van der Waals surface area contributed by atoms with Crippen molar-refractivity contribution in [3.05, 3.63) is 29.8 Å². The van der Waals surface area contributed by atoms with E-state index in [0.29, 0.717) is 24.3 Å². The zero-order chi connectivity index (χ0) is 19.1. The Hall–Kier alpha value is -1.44. The topological polar surface area (TPSA) is 84.5 Å². The van der Waals surface area contributed by atoms with Crippen LogP contribution in [0.3, 0.4) is 0 Å². The number of sulfonamides is 1. The van der Waals surface area contributed by atoms with Gasteiger partial charge >= 0.3 is 0 Å². The summed E-state index contributed by atoms with van der Waals surface area (Å²) in [5.41, 5.74) is 0.957. The lowest BCUT2D eigenvalue weighted by Gasteiger charge is -2.22. The second-order valence-corrected chi connectivity index (χ2v) is 9.25. The molecule has 2 fully saturated rings. The summed E-state index contributed by atoms with van der Waals surface area (Å²) in [6.45, 7) is 1.36. The van der Waals surface area contributed by atoms with Crippen LogP contribution in [-0.4, -0.2) is 39.6 Å². The summed E-state index contributed by atoms with van der Waals surface area (Å²) in [4.78, 5) is 12.2. The Morgan fingerprint density at radius 3 is 2.44 bits per heavy atom. The van der Waals surface area contributed by atoms with Crippen molar-refractivity contribution in [1.82, 2.24) is 10.0 Å². The number of rotatable bonds is 8. The molecule has 0 spiro atoms. The summed E-state index contributed by atoms with van der Waals surface area (Å²) in [7, 11) is -3.47. The van der Waals surface area contributed by atoms with E-state index in [-0.39, 0.29) is 18.1 Å². The summed E-state index contributed by atoms with van der Waals surface area (Å²) in [5, 5.41) is 2.91. The summed E-state index contributed by atoms with van der Waals surface area (Å²) in [5.74, 6) is 0.00108. The maximum Gasteiger partial charge on any atom is 0.240 e. The molecule has 27 heavy (non-hydrogen) atoms. The Kier molecular flexibility index (Phi) is 7.26. The van der Waals surface area contributed by atoms with Gasteiger partial charge in [0.15, 0.2) is 0 Å². The van der Waals surface area contributed by atoms with Crippen LogP contribution >= 0.6 is 0 Å². The fourth-order valence-electron chi connectivity index (χ4n) is 3.72. The highest BCUT2D eigenvalue weighted by molar-refractivity contribution is 7.89. The van der Waals surface area contributed by atoms with Gasteiger partial charge in [-0.15, -0.1) is 0 Å². The third-order valence-electron chi connectivity index (χ3n) is 5.35. The van der Waals surface area contributed by atoms with Gasteiger partial charge in [0.25, 0.3) is 0 Å². The lowest BCUT2D eigenvalue weighted by Crippen LogP contribution is -2.36. The quantitative estimate of drug-likeness (QED) is 0.710. The number of hydrogen-bond donors (Lipinski definition) is 2. The summed E-state index contributed by atoms with van der Waals surface area (Å²) in [6, 6.07) is 6.90. The maximum absolute atomic E-state index is 12.5. The van der Waals surface area contributed by atoms with Crippen molar-refractivity contribution in [1.29, 1.82) is 0 Å². The number of nitrogens with one attached hydrogen (secondary N) is 2. The molecule has 1 saturated heterocycles. The van der Waals surface area contributed by atoms with Crippen LogP contribution in [0.5, 0.6) is 0 Å².